The second-order valence-electron chi connectivity index (χ2n) is 5.60. The van der Waals surface area contributed by atoms with E-state index in [0.717, 1.165) is 34.7 Å². The van der Waals surface area contributed by atoms with Crippen molar-refractivity contribution in [3.05, 3.63) is 53.6 Å². The van der Waals surface area contributed by atoms with Crippen molar-refractivity contribution in [1.82, 2.24) is 0 Å². The summed E-state index contributed by atoms with van der Waals surface area (Å²) in [5.41, 5.74) is 9.44. The molecule has 2 rings (SSSR count). The van der Waals surface area contributed by atoms with Crippen LogP contribution < -0.4 is 15.8 Å². The van der Waals surface area contributed by atoms with Gasteiger partial charge in [-0.3, -0.25) is 4.79 Å². The molecule has 0 aromatic heterocycles. The van der Waals surface area contributed by atoms with Crippen LogP contribution in [0.15, 0.2) is 42.5 Å². The summed E-state index contributed by atoms with van der Waals surface area (Å²) in [4.78, 5) is 12.2. The average molecular weight is 349 g/mol. The molecule has 0 bridgehead atoms. The summed E-state index contributed by atoms with van der Waals surface area (Å²) in [7, 11) is 0. The molecule has 0 saturated heterocycles. The quantitative estimate of drug-likeness (QED) is 0.731. The van der Waals surface area contributed by atoms with E-state index in [1.54, 1.807) is 0 Å². The van der Waals surface area contributed by atoms with Gasteiger partial charge in [0.15, 0.2) is 0 Å². The standard InChI is InChI=1S/C19H24N2O2.ClH/c1-3-12-23-18-13-14(2)8-10-17(18)21-19(22)11-9-15-6-4-5-7-16(15)20;/h4-8,10,13H,3,9,11-12,20H2,1-2H3,(H,21,22);1H. The van der Waals surface area contributed by atoms with Gasteiger partial charge in [0.05, 0.1) is 12.3 Å². The lowest BCUT2D eigenvalue weighted by molar-refractivity contribution is -0.116. The minimum Gasteiger partial charge on any atom is -0.491 e. The number of anilines is 2. The van der Waals surface area contributed by atoms with Gasteiger partial charge in [-0.2, -0.15) is 0 Å². The second-order valence-corrected chi connectivity index (χ2v) is 5.60. The Morgan fingerprint density at radius 2 is 1.96 bits per heavy atom. The molecule has 3 N–H and O–H groups in total. The summed E-state index contributed by atoms with van der Waals surface area (Å²) >= 11 is 0. The lowest BCUT2D eigenvalue weighted by atomic mass is 10.1. The van der Waals surface area contributed by atoms with E-state index in [1.807, 2.05) is 49.4 Å². The summed E-state index contributed by atoms with van der Waals surface area (Å²) in [6.45, 7) is 4.69. The zero-order chi connectivity index (χ0) is 16.7. The van der Waals surface area contributed by atoms with Crippen LogP contribution in [-0.2, 0) is 11.2 Å². The summed E-state index contributed by atoms with van der Waals surface area (Å²) in [5, 5.41) is 2.93. The van der Waals surface area contributed by atoms with Crippen LogP contribution in [0.25, 0.3) is 0 Å². The number of nitrogen functional groups attached to an aromatic ring is 1. The highest BCUT2D eigenvalue weighted by atomic mass is 35.5. The molecule has 0 spiro atoms. The monoisotopic (exact) mass is 348 g/mol. The van der Waals surface area contributed by atoms with Crippen LogP contribution in [0.5, 0.6) is 5.75 Å². The molecule has 1 amide bonds. The Balaban J connectivity index is 0.00000288. The van der Waals surface area contributed by atoms with Crippen LogP contribution in [0.1, 0.15) is 30.9 Å². The highest BCUT2D eigenvalue weighted by Gasteiger charge is 2.09. The van der Waals surface area contributed by atoms with E-state index in [1.165, 1.54) is 0 Å². The van der Waals surface area contributed by atoms with Crippen LogP contribution >= 0.6 is 12.4 Å². The number of halogens is 1. The Morgan fingerprint density at radius 3 is 2.67 bits per heavy atom. The number of nitrogens with two attached hydrogens (primary N) is 1. The van der Waals surface area contributed by atoms with Gasteiger partial charge < -0.3 is 15.8 Å². The van der Waals surface area contributed by atoms with Crippen LogP contribution in [0.4, 0.5) is 11.4 Å². The molecule has 0 aliphatic rings. The van der Waals surface area contributed by atoms with Gasteiger partial charge in [-0.15, -0.1) is 12.4 Å². The number of nitrogens with one attached hydrogen (secondary N) is 1. The molecule has 24 heavy (non-hydrogen) atoms. The maximum absolute atomic E-state index is 12.2. The summed E-state index contributed by atoms with van der Waals surface area (Å²) < 4.78 is 5.72. The molecule has 0 unspecified atom stereocenters. The first-order chi connectivity index (χ1) is 11.1. The van der Waals surface area contributed by atoms with Crippen LogP contribution in [0.2, 0.25) is 0 Å². The van der Waals surface area contributed by atoms with Crippen molar-refractivity contribution in [2.75, 3.05) is 17.7 Å². The van der Waals surface area contributed by atoms with E-state index >= 15 is 0 Å². The Hall–Kier alpha value is -2.20. The van der Waals surface area contributed by atoms with Gasteiger partial charge in [0, 0.05) is 12.1 Å². The number of ether oxygens (including phenoxy) is 1. The summed E-state index contributed by atoms with van der Waals surface area (Å²) in [5.74, 6) is 0.679. The molecule has 5 heteroatoms. The van der Waals surface area contributed by atoms with Gasteiger partial charge in [-0.1, -0.05) is 31.2 Å². The Morgan fingerprint density at radius 1 is 1.21 bits per heavy atom. The zero-order valence-electron chi connectivity index (χ0n) is 14.2. The molecule has 0 aliphatic carbocycles. The van der Waals surface area contributed by atoms with E-state index in [9.17, 15) is 4.79 Å². The van der Waals surface area contributed by atoms with E-state index in [2.05, 4.69) is 12.2 Å². The number of aryl methyl sites for hydroxylation is 2. The number of benzene rings is 2. The van der Waals surface area contributed by atoms with Crippen LogP contribution in [0.3, 0.4) is 0 Å². The molecule has 0 aliphatic heterocycles. The lowest BCUT2D eigenvalue weighted by Crippen LogP contribution is -2.14. The fourth-order valence-electron chi connectivity index (χ4n) is 2.29. The van der Waals surface area contributed by atoms with Gasteiger partial charge in [0.1, 0.15) is 5.75 Å². The molecule has 0 saturated carbocycles. The minimum absolute atomic E-state index is 0. The maximum atomic E-state index is 12.2. The third-order valence-electron chi connectivity index (χ3n) is 3.55. The van der Waals surface area contributed by atoms with Crippen LogP contribution in [0, 0.1) is 6.92 Å². The number of rotatable bonds is 7. The number of amides is 1. The predicted molar refractivity (Wildman–Crippen MR) is 102 cm³/mol. The molecule has 4 nitrogen and oxygen atoms in total. The van der Waals surface area contributed by atoms with Crippen molar-refractivity contribution in [3.63, 3.8) is 0 Å². The zero-order valence-corrected chi connectivity index (χ0v) is 15.0. The topological polar surface area (TPSA) is 64.3 Å². The van der Waals surface area contributed by atoms with Gasteiger partial charge >= 0.3 is 0 Å². The first-order valence-electron chi connectivity index (χ1n) is 7.97. The molecule has 2 aromatic carbocycles. The largest absolute Gasteiger partial charge is 0.491 e. The first kappa shape index (κ1) is 19.8. The molecule has 130 valence electrons. The van der Waals surface area contributed by atoms with E-state index in [0.29, 0.717) is 19.4 Å². The second kappa shape index (κ2) is 9.83. The van der Waals surface area contributed by atoms with Gasteiger partial charge in [0.25, 0.3) is 0 Å². The smallest absolute Gasteiger partial charge is 0.224 e. The first-order valence-corrected chi connectivity index (χ1v) is 7.97. The fourth-order valence-corrected chi connectivity index (χ4v) is 2.29. The molecule has 0 fully saturated rings. The number of hydrogen-bond donors (Lipinski definition) is 2. The maximum Gasteiger partial charge on any atom is 0.224 e. The highest BCUT2D eigenvalue weighted by molar-refractivity contribution is 5.92. The molecular weight excluding hydrogens is 324 g/mol. The molecule has 0 heterocycles. The Kier molecular flexibility index (Phi) is 8.13. The lowest BCUT2D eigenvalue weighted by Gasteiger charge is -2.13. The highest BCUT2D eigenvalue weighted by Crippen LogP contribution is 2.26. The number of hydrogen-bond acceptors (Lipinski definition) is 3. The average Bonchev–Trinajstić information content (AvgIpc) is 2.54. The molecule has 0 radical (unpaired) electrons. The van der Waals surface area contributed by atoms with Crippen molar-refractivity contribution in [3.8, 4) is 5.75 Å². The van der Waals surface area contributed by atoms with Crippen molar-refractivity contribution >= 4 is 29.7 Å². The normalized spacial score (nSPS) is 9.92. The third-order valence-corrected chi connectivity index (χ3v) is 3.55. The number of carbonyl (C=O) groups is 1. The summed E-state index contributed by atoms with van der Waals surface area (Å²) in [6, 6.07) is 13.4. The number of para-hydroxylation sites is 1. The van der Waals surface area contributed by atoms with E-state index in [-0.39, 0.29) is 18.3 Å². The fraction of sp³-hybridized carbons (Fsp3) is 0.316. The van der Waals surface area contributed by atoms with Crippen molar-refractivity contribution < 1.29 is 9.53 Å². The third kappa shape index (κ3) is 5.78. The SMILES string of the molecule is CCCOc1cc(C)ccc1NC(=O)CCc1ccccc1N.Cl. The predicted octanol–water partition coefficient (Wildman–Crippen LogP) is 4.36. The minimum atomic E-state index is -0.0431. The molecule has 0 atom stereocenters. The number of carbonyl (C=O) groups excluding carboxylic acids is 1. The van der Waals surface area contributed by atoms with E-state index in [4.69, 9.17) is 10.5 Å². The van der Waals surface area contributed by atoms with Crippen molar-refractivity contribution in [2.24, 2.45) is 0 Å². The van der Waals surface area contributed by atoms with E-state index < -0.39 is 0 Å². The Labute approximate surface area is 149 Å². The van der Waals surface area contributed by atoms with Gasteiger partial charge in [-0.25, -0.2) is 0 Å². The van der Waals surface area contributed by atoms with Crippen molar-refractivity contribution in [1.29, 1.82) is 0 Å². The van der Waals surface area contributed by atoms with Gasteiger partial charge in [0.2, 0.25) is 5.91 Å². The Bertz CT molecular complexity index is 674. The van der Waals surface area contributed by atoms with Crippen LogP contribution in [-0.4, -0.2) is 12.5 Å². The van der Waals surface area contributed by atoms with Gasteiger partial charge in [-0.05, 0) is 49.1 Å². The summed E-state index contributed by atoms with van der Waals surface area (Å²) in [6.07, 6.45) is 1.93. The molecular formula is C19H25ClN2O2. The van der Waals surface area contributed by atoms with Crippen molar-refractivity contribution in [2.45, 2.75) is 33.1 Å². The molecule has 2 aromatic rings.